The Balaban J connectivity index is 3.59. The molecule has 3 nitrogen and oxygen atoms in total. The van der Waals surface area contributed by atoms with Crippen LogP contribution in [0.4, 0.5) is 0 Å². The fraction of sp³-hybridized carbons (Fsp3) is 1.00. The molecule has 0 heterocycles. The molecule has 0 spiro atoms. The third-order valence-electron chi connectivity index (χ3n) is 1.09. The minimum absolute atomic E-state index is 0.115. The number of rotatable bonds is 5. The maximum Gasteiger partial charge on any atom is 0.106 e. The van der Waals surface area contributed by atoms with Crippen molar-refractivity contribution in [1.82, 2.24) is 0 Å². The Morgan fingerprint density at radius 3 is 2.45 bits per heavy atom. The fourth-order valence-electron chi connectivity index (χ4n) is 0.480. The minimum Gasteiger partial charge on any atom is -0.394 e. The van der Waals surface area contributed by atoms with Crippen LogP contribution in [-0.2, 0) is 9.30 Å². The molecule has 0 unspecified atom stereocenters. The lowest BCUT2D eigenvalue weighted by atomic mass is 10.0. The van der Waals surface area contributed by atoms with Gasteiger partial charge in [0.1, 0.15) is 7.14 Å². The normalized spacial score (nSPS) is 14.8. The molecule has 0 aliphatic carbocycles. The summed E-state index contributed by atoms with van der Waals surface area (Å²) in [6.07, 6.45) is 0.0783. The maximum absolute atomic E-state index is 11.1. The van der Waals surface area contributed by atoms with Crippen molar-refractivity contribution in [3.63, 3.8) is 0 Å². The van der Waals surface area contributed by atoms with Gasteiger partial charge in [-0.15, -0.1) is 0 Å². The molecule has 0 saturated carbocycles. The fourth-order valence-corrected chi connectivity index (χ4v) is 1.05. The van der Waals surface area contributed by atoms with Crippen molar-refractivity contribution in [2.45, 2.75) is 12.4 Å². The number of aliphatic hydroxyl groups is 1. The highest BCUT2D eigenvalue weighted by molar-refractivity contribution is 7.62. The van der Waals surface area contributed by atoms with Crippen LogP contribution in [0.15, 0.2) is 0 Å². The zero-order valence-corrected chi connectivity index (χ0v) is 7.88. The molecule has 0 amide bonds. The van der Waals surface area contributed by atoms with E-state index in [-0.39, 0.29) is 25.4 Å². The number of ether oxygens (including phenoxy) is 1. The van der Waals surface area contributed by atoms with E-state index in [1.807, 2.05) is 0 Å². The summed E-state index contributed by atoms with van der Waals surface area (Å²) in [6, 6.07) is 0. The largest absolute Gasteiger partial charge is 0.394 e. The van der Waals surface area contributed by atoms with Gasteiger partial charge in [-0.2, -0.15) is 0 Å². The molecule has 0 aromatic carbocycles. The summed E-state index contributed by atoms with van der Waals surface area (Å²) in [5.74, 6) is 0. The zero-order chi connectivity index (χ0) is 8.91. The molecular formula is C6H14BO3P. The lowest BCUT2D eigenvalue weighted by Gasteiger charge is -2.15. The van der Waals surface area contributed by atoms with E-state index in [1.165, 1.54) is 0 Å². The molecule has 64 valence electrons. The van der Waals surface area contributed by atoms with Gasteiger partial charge in [0, 0.05) is 0 Å². The second-order valence-electron chi connectivity index (χ2n) is 2.91. The van der Waals surface area contributed by atoms with Crippen LogP contribution in [0.3, 0.4) is 0 Å². The topological polar surface area (TPSA) is 46.5 Å². The van der Waals surface area contributed by atoms with Gasteiger partial charge < -0.3 is 14.4 Å². The van der Waals surface area contributed by atoms with Crippen molar-refractivity contribution < 1.29 is 14.4 Å². The van der Waals surface area contributed by atoms with Crippen LogP contribution in [0, 0.1) is 0 Å². The van der Waals surface area contributed by atoms with E-state index in [0.29, 0.717) is 0 Å². The van der Waals surface area contributed by atoms with E-state index in [1.54, 1.807) is 13.3 Å². The summed E-state index contributed by atoms with van der Waals surface area (Å²) in [7, 11) is 3.10. The summed E-state index contributed by atoms with van der Waals surface area (Å²) in [5, 5.41) is 8.63. The molecule has 0 saturated heterocycles. The predicted molar refractivity (Wildman–Crippen MR) is 46.8 cm³/mol. The van der Waals surface area contributed by atoms with Gasteiger partial charge >= 0.3 is 0 Å². The van der Waals surface area contributed by atoms with Gasteiger partial charge in [-0.1, -0.05) is 6.32 Å². The van der Waals surface area contributed by atoms with Gasteiger partial charge in [-0.25, -0.2) is 0 Å². The highest BCUT2D eigenvalue weighted by Crippen LogP contribution is 2.35. The van der Waals surface area contributed by atoms with Crippen LogP contribution < -0.4 is 0 Å². The molecule has 1 N–H and O–H groups in total. The highest BCUT2D eigenvalue weighted by Gasteiger charge is 2.11. The third kappa shape index (κ3) is 6.61. The Morgan fingerprint density at radius 2 is 2.18 bits per heavy atom. The van der Waals surface area contributed by atoms with E-state index >= 15 is 0 Å². The van der Waals surface area contributed by atoms with Gasteiger partial charge in [-0.05, 0) is 13.3 Å². The van der Waals surface area contributed by atoms with E-state index in [2.05, 4.69) is 0 Å². The molecule has 2 radical (unpaired) electrons. The minimum atomic E-state index is -2.13. The first-order valence-corrected chi connectivity index (χ1v) is 6.25. The second kappa shape index (κ2) is 4.97. The quantitative estimate of drug-likeness (QED) is 0.490. The molecule has 11 heavy (non-hydrogen) atoms. The monoisotopic (exact) mass is 176 g/mol. The van der Waals surface area contributed by atoms with Gasteiger partial charge in [0.2, 0.25) is 0 Å². The molecule has 0 aliphatic rings. The van der Waals surface area contributed by atoms with Crippen molar-refractivity contribution >= 4 is 15.0 Å². The summed E-state index contributed by atoms with van der Waals surface area (Å²) in [4.78, 5) is 0. The molecule has 0 rings (SSSR count). The van der Waals surface area contributed by atoms with E-state index in [9.17, 15) is 4.57 Å². The van der Waals surface area contributed by atoms with Crippen molar-refractivity contribution in [3.05, 3.63) is 0 Å². The molecule has 0 aromatic rings. The van der Waals surface area contributed by atoms with Gasteiger partial charge in [-0.3, -0.25) is 0 Å². The van der Waals surface area contributed by atoms with Crippen LogP contribution in [0.2, 0.25) is 6.32 Å². The average Bonchev–Trinajstić information content (AvgIpc) is 1.88. The summed E-state index contributed by atoms with van der Waals surface area (Å²) in [6.45, 7) is 3.16. The Hall–Kier alpha value is 0.215. The standard InChI is InChI=1S/C6H14BO3P/c1-11(2,9)5-10-6(3-7)4-8/h6,8H,3-5H2,1-2H3/t6-/m0/s1. The van der Waals surface area contributed by atoms with Crippen molar-refractivity contribution in [2.24, 2.45) is 0 Å². The van der Waals surface area contributed by atoms with Crippen LogP contribution in [0.25, 0.3) is 0 Å². The average molecular weight is 176 g/mol. The van der Waals surface area contributed by atoms with E-state index < -0.39 is 7.14 Å². The van der Waals surface area contributed by atoms with Crippen LogP contribution in [0.1, 0.15) is 0 Å². The van der Waals surface area contributed by atoms with Gasteiger partial charge in [0.15, 0.2) is 0 Å². The van der Waals surface area contributed by atoms with E-state index in [0.717, 1.165) is 0 Å². The molecule has 0 fully saturated rings. The molecule has 1 atom stereocenters. The van der Waals surface area contributed by atoms with Gasteiger partial charge in [0.05, 0.1) is 26.9 Å². The molecule has 0 aromatic heterocycles. The van der Waals surface area contributed by atoms with Crippen molar-refractivity contribution in [3.8, 4) is 0 Å². The van der Waals surface area contributed by atoms with Crippen LogP contribution in [-0.4, -0.2) is 45.3 Å². The second-order valence-corrected chi connectivity index (χ2v) is 6.32. The Morgan fingerprint density at radius 1 is 1.64 bits per heavy atom. The lowest BCUT2D eigenvalue weighted by Crippen LogP contribution is -2.17. The summed E-state index contributed by atoms with van der Waals surface area (Å²) >= 11 is 0. The zero-order valence-electron chi connectivity index (χ0n) is 6.99. The van der Waals surface area contributed by atoms with Crippen molar-refractivity contribution in [1.29, 1.82) is 0 Å². The van der Waals surface area contributed by atoms with Crippen LogP contribution >= 0.6 is 7.14 Å². The van der Waals surface area contributed by atoms with E-state index in [4.69, 9.17) is 17.7 Å². The Bertz CT molecular complexity index is 141. The number of aliphatic hydroxyl groups excluding tert-OH is 1. The van der Waals surface area contributed by atoms with Crippen LogP contribution in [0.5, 0.6) is 0 Å². The molecule has 0 bridgehead atoms. The molecular weight excluding hydrogens is 162 g/mol. The van der Waals surface area contributed by atoms with Crippen molar-refractivity contribution in [2.75, 3.05) is 26.3 Å². The first-order chi connectivity index (χ1) is 4.99. The smallest absolute Gasteiger partial charge is 0.106 e. The summed E-state index contributed by atoms with van der Waals surface area (Å²) < 4.78 is 16.2. The summed E-state index contributed by atoms with van der Waals surface area (Å²) in [5.41, 5.74) is 0. The molecule has 5 heteroatoms. The number of hydrogen-bond donors (Lipinski definition) is 1. The SMILES string of the molecule is [B]C[C@@H](CO)OCP(C)(C)=O. The van der Waals surface area contributed by atoms with Gasteiger partial charge in [0.25, 0.3) is 0 Å². The molecule has 0 aliphatic heterocycles. The predicted octanol–water partition coefficient (Wildman–Crippen LogP) is 0.531. The highest BCUT2D eigenvalue weighted by atomic mass is 31.2. The first-order valence-electron chi connectivity index (χ1n) is 3.46. The Kier molecular flexibility index (Phi) is 5.06. The Labute approximate surface area is 68.9 Å². The first kappa shape index (κ1) is 11.2. The third-order valence-corrected chi connectivity index (χ3v) is 1.86. The number of hydrogen-bond acceptors (Lipinski definition) is 3. The maximum atomic E-state index is 11.1. The lowest BCUT2D eigenvalue weighted by molar-refractivity contribution is 0.0503.